The van der Waals surface area contributed by atoms with Crippen LogP contribution < -0.4 is 0 Å². The normalized spacial score (nSPS) is 11.5. The van der Waals surface area contributed by atoms with E-state index < -0.39 is 0 Å². The van der Waals surface area contributed by atoms with E-state index in [-0.39, 0.29) is 0 Å². The Balaban J connectivity index is 2.88. The number of hydrogen-bond donors (Lipinski definition) is 0. The van der Waals surface area contributed by atoms with Gasteiger partial charge in [-0.1, -0.05) is 65.7 Å². The van der Waals surface area contributed by atoms with E-state index in [0.717, 1.165) is 0 Å². The van der Waals surface area contributed by atoms with E-state index in [1.807, 2.05) is 0 Å². The Hall–Kier alpha value is -0.780. The minimum atomic E-state index is 0.618. The number of unbranched alkanes of at least 4 members (excludes halogenated alkanes) is 2. The monoisotopic (exact) mass is 231 g/mol. The smallest absolute Gasteiger partial charge is 0.00929 e. The molecule has 0 heteroatoms. The fourth-order valence-corrected chi connectivity index (χ4v) is 1.96. The van der Waals surface area contributed by atoms with Gasteiger partial charge in [-0.05, 0) is 41.4 Å². The Morgan fingerprint density at radius 1 is 0.941 bits per heavy atom. The Morgan fingerprint density at radius 2 is 1.47 bits per heavy atom. The second kappa shape index (κ2) is 6.83. The Bertz CT molecular complexity index is 308. The highest BCUT2D eigenvalue weighted by molar-refractivity contribution is 5.36. The summed E-state index contributed by atoms with van der Waals surface area (Å²) in [7, 11) is 0. The molecule has 0 unspecified atom stereocenters. The van der Waals surface area contributed by atoms with Crippen molar-refractivity contribution in [2.45, 2.75) is 65.7 Å². The van der Waals surface area contributed by atoms with Crippen molar-refractivity contribution in [3.05, 3.63) is 41.3 Å². The van der Waals surface area contributed by atoms with Crippen LogP contribution >= 0.6 is 0 Å². The maximum Gasteiger partial charge on any atom is -0.00929 e. The molecule has 0 saturated carbocycles. The van der Waals surface area contributed by atoms with Crippen LogP contribution in [-0.4, -0.2) is 0 Å². The minimum Gasteiger partial charge on any atom is -0.0654 e. The van der Waals surface area contributed by atoms with E-state index in [2.05, 4.69) is 59.2 Å². The lowest BCUT2D eigenvalue weighted by atomic mass is 9.91. The third kappa shape index (κ3) is 4.53. The summed E-state index contributed by atoms with van der Waals surface area (Å²) >= 11 is 0. The van der Waals surface area contributed by atoms with Crippen molar-refractivity contribution in [2.75, 3.05) is 0 Å². The molecule has 95 valence electrons. The van der Waals surface area contributed by atoms with Crippen LogP contribution in [0.1, 0.15) is 82.4 Å². The van der Waals surface area contributed by atoms with Gasteiger partial charge < -0.3 is 0 Å². The summed E-state index contributed by atoms with van der Waals surface area (Å²) in [6, 6.07) is 7.07. The third-order valence-corrected chi connectivity index (χ3v) is 3.27. The van der Waals surface area contributed by atoms with E-state index in [0.29, 0.717) is 11.8 Å². The molecular formula is C17H27. The van der Waals surface area contributed by atoms with E-state index in [1.54, 1.807) is 0 Å². The van der Waals surface area contributed by atoms with E-state index in [9.17, 15) is 0 Å². The summed E-state index contributed by atoms with van der Waals surface area (Å²) in [5.41, 5.74) is 4.35. The predicted molar refractivity (Wildman–Crippen MR) is 77.5 cm³/mol. The van der Waals surface area contributed by atoms with Crippen LogP contribution in [0.25, 0.3) is 0 Å². The molecule has 1 aromatic carbocycles. The minimum absolute atomic E-state index is 0.618. The number of rotatable bonds is 6. The lowest BCUT2D eigenvalue weighted by Gasteiger charge is -2.14. The van der Waals surface area contributed by atoms with Gasteiger partial charge in [-0.15, -0.1) is 0 Å². The molecule has 0 aliphatic rings. The summed E-state index contributed by atoms with van der Waals surface area (Å²) in [5.74, 6) is 1.24. The van der Waals surface area contributed by atoms with E-state index in [4.69, 9.17) is 0 Å². The summed E-state index contributed by atoms with van der Waals surface area (Å²) in [5, 5.41) is 0. The molecule has 0 saturated heterocycles. The van der Waals surface area contributed by atoms with Crippen molar-refractivity contribution in [3.63, 3.8) is 0 Å². The summed E-state index contributed by atoms with van der Waals surface area (Å²) < 4.78 is 0. The summed E-state index contributed by atoms with van der Waals surface area (Å²) in [4.78, 5) is 0. The first-order valence-electron chi connectivity index (χ1n) is 7.02. The topological polar surface area (TPSA) is 0 Å². The molecule has 1 rings (SSSR count). The molecule has 1 radical (unpaired) electrons. The summed E-state index contributed by atoms with van der Waals surface area (Å²) in [6.07, 6.45) is 6.16. The largest absolute Gasteiger partial charge is 0.0654 e. The molecule has 0 spiro atoms. The van der Waals surface area contributed by atoms with Crippen LogP contribution in [-0.2, 0) is 0 Å². The van der Waals surface area contributed by atoms with Crippen molar-refractivity contribution in [1.82, 2.24) is 0 Å². The maximum absolute atomic E-state index is 2.39. The highest BCUT2D eigenvalue weighted by Crippen LogP contribution is 2.24. The van der Waals surface area contributed by atoms with Gasteiger partial charge in [0.1, 0.15) is 0 Å². The fraction of sp³-hybridized carbons (Fsp3) is 0.588. The van der Waals surface area contributed by atoms with Gasteiger partial charge >= 0.3 is 0 Å². The molecular weight excluding hydrogens is 204 g/mol. The Kier molecular flexibility index (Phi) is 5.74. The van der Waals surface area contributed by atoms with Crippen molar-refractivity contribution in [2.24, 2.45) is 0 Å². The molecule has 1 aromatic rings. The van der Waals surface area contributed by atoms with Gasteiger partial charge in [0, 0.05) is 0 Å². The zero-order valence-electron chi connectivity index (χ0n) is 12.1. The SMILES string of the molecule is CCCC[CH]c1cc(C(C)C)cc(C(C)C)c1. The molecule has 0 amide bonds. The van der Waals surface area contributed by atoms with Gasteiger partial charge in [-0.25, -0.2) is 0 Å². The van der Waals surface area contributed by atoms with Gasteiger partial charge in [0.25, 0.3) is 0 Å². The lowest BCUT2D eigenvalue weighted by molar-refractivity contribution is 0.786. The zero-order chi connectivity index (χ0) is 12.8. The molecule has 0 fully saturated rings. The molecule has 0 aromatic heterocycles. The van der Waals surface area contributed by atoms with Gasteiger partial charge in [-0.3, -0.25) is 0 Å². The predicted octanol–water partition coefficient (Wildman–Crippen LogP) is 5.68. The average Bonchev–Trinajstić information content (AvgIpc) is 2.29. The lowest BCUT2D eigenvalue weighted by Crippen LogP contribution is -1.96. The van der Waals surface area contributed by atoms with E-state index >= 15 is 0 Å². The van der Waals surface area contributed by atoms with Gasteiger partial charge in [-0.2, -0.15) is 0 Å². The molecule has 0 aliphatic heterocycles. The zero-order valence-corrected chi connectivity index (χ0v) is 12.1. The van der Waals surface area contributed by atoms with Crippen molar-refractivity contribution < 1.29 is 0 Å². The second-order valence-corrected chi connectivity index (χ2v) is 5.59. The van der Waals surface area contributed by atoms with E-state index in [1.165, 1.54) is 36.0 Å². The molecule has 0 heterocycles. The van der Waals surface area contributed by atoms with Gasteiger partial charge in [0.05, 0.1) is 0 Å². The molecule has 0 bridgehead atoms. The third-order valence-electron chi connectivity index (χ3n) is 3.27. The van der Waals surface area contributed by atoms with Crippen LogP contribution in [0.2, 0.25) is 0 Å². The molecule has 0 aliphatic carbocycles. The van der Waals surface area contributed by atoms with Crippen LogP contribution in [0.15, 0.2) is 18.2 Å². The fourth-order valence-electron chi connectivity index (χ4n) is 1.96. The Labute approximate surface area is 107 Å². The maximum atomic E-state index is 2.39. The molecule has 0 N–H and O–H groups in total. The molecule has 17 heavy (non-hydrogen) atoms. The first kappa shape index (κ1) is 14.3. The van der Waals surface area contributed by atoms with Gasteiger partial charge in [0.15, 0.2) is 0 Å². The summed E-state index contributed by atoms with van der Waals surface area (Å²) in [6.45, 7) is 11.3. The molecule has 0 nitrogen and oxygen atoms in total. The van der Waals surface area contributed by atoms with Crippen LogP contribution in [0, 0.1) is 6.42 Å². The standard InChI is InChI=1S/C17H27/c1-6-7-8-9-15-10-16(13(2)3)12-17(11-15)14(4)5/h9-14H,6-8H2,1-5H3. The van der Waals surface area contributed by atoms with Crippen LogP contribution in [0.4, 0.5) is 0 Å². The van der Waals surface area contributed by atoms with Crippen molar-refractivity contribution in [3.8, 4) is 0 Å². The number of hydrogen-bond acceptors (Lipinski definition) is 0. The second-order valence-electron chi connectivity index (χ2n) is 5.59. The molecule has 0 atom stereocenters. The average molecular weight is 231 g/mol. The quantitative estimate of drug-likeness (QED) is 0.553. The van der Waals surface area contributed by atoms with Crippen LogP contribution in [0.5, 0.6) is 0 Å². The first-order chi connectivity index (χ1) is 8.04. The van der Waals surface area contributed by atoms with Gasteiger partial charge in [0.2, 0.25) is 0 Å². The van der Waals surface area contributed by atoms with Crippen molar-refractivity contribution >= 4 is 0 Å². The van der Waals surface area contributed by atoms with Crippen molar-refractivity contribution in [1.29, 1.82) is 0 Å². The highest BCUT2D eigenvalue weighted by Gasteiger charge is 2.07. The Morgan fingerprint density at radius 3 is 1.88 bits per heavy atom. The number of benzene rings is 1. The first-order valence-corrected chi connectivity index (χ1v) is 7.02. The van der Waals surface area contributed by atoms with Crippen LogP contribution in [0.3, 0.4) is 0 Å². The highest BCUT2D eigenvalue weighted by atomic mass is 14.1.